The van der Waals surface area contributed by atoms with Crippen LogP contribution in [0.4, 0.5) is 10.2 Å². The minimum Gasteiger partial charge on any atom is -0.385 e. The first-order chi connectivity index (χ1) is 15.0. The SMILES string of the molecule is C=C(F)c1ccc(N2CCNC(C3C=CC=NC3C)C2)nc1C(O)C1=C(N)NCC=C1. The normalized spacial score (nSPS) is 26.7. The van der Waals surface area contributed by atoms with Crippen LogP contribution in [-0.2, 0) is 0 Å². The number of aliphatic imine (C=N–C) groups is 1. The molecule has 8 heteroatoms. The van der Waals surface area contributed by atoms with E-state index in [2.05, 4.69) is 45.1 Å². The summed E-state index contributed by atoms with van der Waals surface area (Å²) in [6, 6.07) is 3.83. The molecular formula is C23H29FN6O. The second-order valence-electron chi connectivity index (χ2n) is 8.07. The summed E-state index contributed by atoms with van der Waals surface area (Å²) in [5, 5.41) is 17.6. The Balaban J connectivity index is 1.62. The second-order valence-corrected chi connectivity index (χ2v) is 8.07. The maximum atomic E-state index is 14.2. The van der Waals surface area contributed by atoms with Gasteiger partial charge in [0.15, 0.2) is 0 Å². The van der Waals surface area contributed by atoms with E-state index < -0.39 is 11.9 Å². The first-order valence-electron chi connectivity index (χ1n) is 10.6. The van der Waals surface area contributed by atoms with Gasteiger partial charge < -0.3 is 26.4 Å². The number of nitrogens with one attached hydrogen (secondary N) is 2. The van der Waals surface area contributed by atoms with E-state index in [0.717, 1.165) is 19.6 Å². The molecule has 164 valence electrons. The lowest BCUT2D eigenvalue weighted by molar-refractivity contribution is 0.211. The molecule has 0 amide bonds. The number of hydrogen-bond donors (Lipinski definition) is 4. The maximum Gasteiger partial charge on any atom is 0.129 e. The fourth-order valence-corrected chi connectivity index (χ4v) is 4.35. The van der Waals surface area contributed by atoms with Gasteiger partial charge in [-0.2, -0.15) is 0 Å². The van der Waals surface area contributed by atoms with Crippen molar-refractivity contribution in [3.63, 3.8) is 0 Å². The van der Waals surface area contributed by atoms with E-state index >= 15 is 0 Å². The van der Waals surface area contributed by atoms with Gasteiger partial charge in [0.05, 0.1) is 11.7 Å². The fourth-order valence-electron chi connectivity index (χ4n) is 4.35. The van der Waals surface area contributed by atoms with Crippen molar-refractivity contribution in [3.8, 4) is 0 Å². The molecule has 4 heterocycles. The summed E-state index contributed by atoms with van der Waals surface area (Å²) in [6.45, 7) is 8.40. The number of aliphatic hydroxyl groups is 1. The van der Waals surface area contributed by atoms with Gasteiger partial charge >= 0.3 is 0 Å². The molecule has 4 unspecified atom stereocenters. The standard InChI is InChI=1S/C23H29FN6O/c1-14(24)16-7-8-20(29-21(16)22(31)18-6-4-10-28-23(18)25)30-12-11-27-19(13-30)17-5-3-9-26-15(17)2/h3-9,15,17,19,22,27-28,31H,1,10-13,25H2,2H3. The van der Waals surface area contributed by atoms with Crippen LogP contribution < -0.4 is 21.3 Å². The van der Waals surface area contributed by atoms with Gasteiger partial charge in [-0.3, -0.25) is 4.99 Å². The van der Waals surface area contributed by atoms with Crippen molar-refractivity contribution in [2.75, 3.05) is 31.1 Å². The molecule has 0 aliphatic carbocycles. The van der Waals surface area contributed by atoms with E-state index in [-0.39, 0.29) is 29.3 Å². The number of allylic oxidation sites excluding steroid dienone is 1. The van der Waals surface area contributed by atoms with Crippen molar-refractivity contribution in [3.05, 3.63) is 65.7 Å². The van der Waals surface area contributed by atoms with E-state index in [4.69, 9.17) is 5.73 Å². The summed E-state index contributed by atoms with van der Waals surface area (Å²) >= 11 is 0. The van der Waals surface area contributed by atoms with Gasteiger partial charge in [0.25, 0.3) is 0 Å². The molecule has 3 aliphatic rings. The molecule has 31 heavy (non-hydrogen) atoms. The molecule has 0 radical (unpaired) electrons. The third-order valence-corrected chi connectivity index (χ3v) is 6.07. The predicted octanol–water partition coefficient (Wildman–Crippen LogP) is 1.81. The summed E-state index contributed by atoms with van der Waals surface area (Å²) in [5.41, 5.74) is 6.87. The Kier molecular flexibility index (Phi) is 6.20. The van der Waals surface area contributed by atoms with Gasteiger partial charge in [0, 0.05) is 55.5 Å². The lowest BCUT2D eigenvalue weighted by Gasteiger charge is -2.39. The van der Waals surface area contributed by atoms with Crippen LogP contribution in [0.2, 0.25) is 0 Å². The summed E-state index contributed by atoms with van der Waals surface area (Å²) in [6.07, 6.45) is 8.45. The maximum absolute atomic E-state index is 14.2. The monoisotopic (exact) mass is 424 g/mol. The van der Waals surface area contributed by atoms with Crippen LogP contribution in [0, 0.1) is 5.92 Å². The molecule has 4 atom stereocenters. The number of halogens is 1. The quantitative estimate of drug-likeness (QED) is 0.576. The van der Waals surface area contributed by atoms with Gasteiger partial charge in [0.2, 0.25) is 0 Å². The topological polar surface area (TPSA) is 98.8 Å². The molecule has 7 nitrogen and oxygen atoms in total. The summed E-state index contributed by atoms with van der Waals surface area (Å²) < 4.78 is 14.2. The highest BCUT2D eigenvalue weighted by molar-refractivity contribution is 5.72. The zero-order chi connectivity index (χ0) is 22.0. The van der Waals surface area contributed by atoms with Gasteiger partial charge in [-0.15, -0.1) is 0 Å². The molecule has 1 saturated heterocycles. The smallest absolute Gasteiger partial charge is 0.129 e. The highest BCUT2D eigenvalue weighted by Crippen LogP contribution is 2.32. The molecule has 1 aromatic heterocycles. The third kappa shape index (κ3) is 4.40. The number of anilines is 1. The minimum atomic E-state index is -1.17. The second kappa shape index (κ2) is 9.03. The number of dihydropyridines is 2. The van der Waals surface area contributed by atoms with E-state index in [1.165, 1.54) is 0 Å². The number of aliphatic hydroxyl groups excluding tert-OH is 1. The first-order valence-corrected chi connectivity index (χ1v) is 10.6. The van der Waals surface area contributed by atoms with Crippen molar-refractivity contribution < 1.29 is 9.50 Å². The number of nitrogens with zero attached hydrogens (tertiary/aromatic N) is 3. The van der Waals surface area contributed by atoms with Crippen LogP contribution in [0.3, 0.4) is 0 Å². The number of aromatic nitrogens is 1. The molecule has 1 fully saturated rings. The molecule has 3 aliphatic heterocycles. The molecule has 0 aromatic carbocycles. The predicted molar refractivity (Wildman–Crippen MR) is 122 cm³/mol. The van der Waals surface area contributed by atoms with Gasteiger partial charge in [-0.25, -0.2) is 9.37 Å². The average Bonchev–Trinajstić information content (AvgIpc) is 2.79. The number of pyridine rings is 1. The molecule has 0 bridgehead atoms. The molecular weight excluding hydrogens is 395 g/mol. The Morgan fingerprint density at radius 1 is 1.42 bits per heavy atom. The molecule has 5 N–H and O–H groups in total. The largest absolute Gasteiger partial charge is 0.385 e. The van der Waals surface area contributed by atoms with Crippen LogP contribution in [0.5, 0.6) is 0 Å². The third-order valence-electron chi connectivity index (χ3n) is 6.07. The van der Waals surface area contributed by atoms with Crippen LogP contribution >= 0.6 is 0 Å². The van der Waals surface area contributed by atoms with Crippen molar-refractivity contribution in [2.24, 2.45) is 16.6 Å². The summed E-state index contributed by atoms with van der Waals surface area (Å²) in [5.74, 6) is 0.690. The Hall–Kier alpha value is -2.97. The summed E-state index contributed by atoms with van der Waals surface area (Å²) in [7, 11) is 0. The van der Waals surface area contributed by atoms with Crippen LogP contribution in [0.15, 0.2) is 59.4 Å². The lowest BCUT2D eigenvalue weighted by atomic mass is 9.89. The fraction of sp³-hybridized carbons (Fsp3) is 0.391. The van der Waals surface area contributed by atoms with Crippen molar-refractivity contribution >= 4 is 17.9 Å². The highest BCUT2D eigenvalue weighted by Gasteiger charge is 2.31. The highest BCUT2D eigenvalue weighted by atomic mass is 19.1. The van der Waals surface area contributed by atoms with Crippen LogP contribution in [-0.4, -0.2) is 54.6 Å². The van der Waals surface area contributed by atoms with E-state index in [9.17, 15) is 9.50 Å². The lowest BCUT2D eigenvalue weighted by Crippen LogP contribution is -2.55. The molecule has 0 saturated carbocycles. The van der Waals surface area contributed by atoms with Gasteiger partial charge in [0.1, 0.15) is 23.6 Å². The van der Waals surface area contributed by atoms with E-state index in [1.807, 2.05) is 18.4 Å². The molecule has 1 aromatic rings. The Bertz CT molecular complexity index is 969. The van der Waals surface area contributed by atoms with Crippen LogP contribution in [0.1, 0.15) is 24.3 Å². The number of hydrogen-bond acceptors (Lipinski definition) is 7. The zero-order valence-electron chi connectivity index (χ0n) is 17.6. The van der Waals surface area contributed by atoms with E-state index in [0.29, 0.717) is 23.8 Å². The van der Waals surface area contributed by atoms with Crippen LogP contribution in [0.25, 0.3) is 5.83 Å². The number of piperazine rings is 1. The Morgan fingerprint density at radius 2 is 2.26 bits per heavy atom. The van der Waals surface area contributed by atoms with Crippen molar-refractivity contribution in [1.82, 2.24) is 15.6 Å². The first kappa shape index (κ1) is 21.3. The Labute approximate surface area is 181 Å². The van der Waals surface area contributed by atoms with Crippen molar-refractivity contribution in [1.29, 1.82) is 0 Å². The zero-order valence-corrected chi connectivity index (χ0v) is 17.6. The summed E-state index contributed by atoms with van der Waals surface area (Å²) in [4.78, 5) is 11.3. The van der Waals surface area contributed by atoms with Gasteiger partial charge in [-0.05, 0) is 25.1 Å². The molecule has 4 rings (SSSR count). The van der Waals surface area contributed by atoms with Gasteiger partial charge in [-0.1, -0.05) is 24.8 Å². The molecule has 0 spiro atoms. The number of rotatable bonds is 5. The van der Waals surface area contributed by atoms with E-state index in [1.54, 1.807) is 18.2 Å². The minimum absolute atomic E-state index is 0.181. The Morgan fingerprint density at radius 3 is 3.00 bits per heavy atom. The van der Waals surface area contributed by atoms with Crippen molar-refractivity contribution in [2.45, 2.75) is 25.1 Å². The average molecular weight is 425 g/mol. The number of nitrogens with two attached hydrogens (primary N) is 1.